The van der Waals surface area contributed by atoms with Gasteiger partial charge in [0.2, 0.25) is 23.1 Å². The summed E-state index contributed by atoms with van der Waals surface area (Å²) in [6, 6.07) is 7.99. The predicted molar refractivity (Wildman–Crippen MR) is 114 cm³/mol. The lowest BCUT2D eigenvalue weighted by atomic mass is 10.1. The fourth-order valence-corrected chi connectivity index (χ4v) is 3.06. The quantitative estimate of drug-likeness (QED) is 0.695. The van der Waals surface area contributed by atoms with E-state index in [1.807, 2.05) is 38.1 Å². The molecule has 3 rings (SSSR count). The van der Waals surface area contributed by atoms with Crippen molar-refractivity contribution >= 4 is 39.1 Å². The van der Waals surface area contributed by atoms with E-state index < -0.39 is 12.0 Å². The molecule has 2 heterocycles. The van der Waals surface area contributed by atoms with E-state index in [-0.39, 0.29) is 17.2 Å². The Labute approximate surface area is 184 Å². The molecule has 7 nitrogen and oxygen atoms in total. The second kappa shape index (κ2) is 9.73. The Hall–Kier alpha value is -2.53. The number of carbonyl (C=O) groups excluding carboxylic acids is 1. The van der Waals surface area contributed by atoms with Crippen molar-refractivity contribution in [3.8, 4) is 0 Å². The van der Waals surface area contributed by atoms with Gasteiger partial charge < -0.3 is 0 Å². The summed E-state index contributed by atoms with van der Waals surface area (Å²) >= 11 is 3.42. The third kappa shape index (κ3) is 6.23. The Morgan fingerprint density at radius 3 is 2.23 bits per heavy atom. The fraction of sp³-hybridized carbons (Fsp3) is 0.400. The van der Waals surface area contributed by atoms with Crippen LogP contribution < -0.4 is 16.6 Å². The van der Waals surface area contributed by atoms with E-state index in [4.69, 9.17) is 0 Å². The summed E-state index contributed by atoms with van der Waals surface area (Å²) in [6.45, 7) is 5.10. The Kier molecular flexibility index (Phi) is 7.77. The molecule has 11 heteroatoms. The maximum atomic E-state index is 12.4. The van der Waals surface area contributed by atoms with Crippen LogP contribution in [0.15, 0.2) is 43.3 Å². The van der Waals surface area contributed by atoms with Crippen molar-refractivity contribution < 1.29 is 23.3 Å². The van der Waals surface area contributed by atoms with Gasteiger partial charge in [0, 0.05) is 25.0 Å². The smallest absolute Gasteiger partial charge is 0.290 e. The summed E-state index contributed by atoms with van der Waals surface area (Å²) in [7, 11) is 1.52. The van der Waals surface area contributed by atoms with E-state index >= 15 is 0 Å². The number of carbonyl (C=O) groups is 1. The van der Waals surface area contributed by atoms with Crippen LogP contribution >= 0.6 is 15.9 Å². The molecule has 0 aliphatic carbocycles. The predicted octanol–water partition coefficient (Wildman–Crippen LogP) is 2.58. The van der Waals surface area contributed by atoms with Crippen molar-refractivity contribution in [2.24, 2.45) is 18.0 Å². The van der Waals surface area contributed by atoms with Gasteiger partial charge in [0.25, 0.3) is 0 Å². The average Bonchev–Trinajstić information content (AvgIpc) is 3.08. The number of rotatable bonds is 4. The number of quaternary nitrogens is 1. The molecule has 0 bridgehead atoms. The fourth-order valence-electron chi connectivity index (χ4n) is 2.79. The van der Waals surface area contributed by atoms with Crippen molar-refractivity contribution in [1.29, 1.82) is 0 Å². The molecule has 1 aromatic heterocycles. The summed E-state index contributed by atoms with van der Waals surface area (Å²) in [5, 5.41) is 1.80. The normalized spacial score (nSPS) is 12.9. The summed E-state index contributed by atoms with van der Waals surface area (Å²) < 4.78 is 36.3. The van der Waals surface area contributed by atoms with E-state index in [9.17, 15) is 27.6 Å². The van der Waals surface area contributed by atoms with E-state index in [2.05, 4.69) is 20.9 Å². The van der Waals surface area contributed by atoms with Crippen LogP contribution in [-0.2, 0) is 24.8 Å². The van der Waals surface area contributed by atoms with E-state index in [0.717, 1.165) is 20.4 Å². The van der Waals surface area contributed by atoms with Gasteiger partial charge in [-0.15, -0.1) is 0 Å². The van der Waals surface area contributed by atoms with Crippen LogP contribution in [0.3, 0.4) is 0 Å². The monoisotopic (exact) mass is 503 g/mol. The number of aromatic nitrogens is 2. The van der Waals surface area contributed by atoms with Crippen LogP contribution in [0.2, 0.25) is 0 Å². The van der Waals surface area contributed by atoms with Crippen molar-refractivity contribution in [3.63, 3.8) is 0 Å². The van der Waals surface area contributed by atoms with Crippen LogP contribution in [0, 0.1) is 5.92 Å². The zero-order valence-electron chi connectivity index (χ0n) is 17.5. The number of halogens is 4. The standard InChI is InChI=1S/C17H19BrN4O2.C3H3F3O/c1-10(2)9-22-15-14(16(23)21(3)17(22)24)19-13(20-15)8-11-4-6-12(18)7-5-11;1-2(7)3(4,5)6/h4-7,10H,8-9H2,1-3H3,(H,19,20);1H3/p+1. The molecule has 1 aliphatic heterocycles. The van der Waals surface area contributed by atoms with Gasteiger partial charge in [0.05, 0.1) is 6.42 Å². The molecule has 0 atom stereocenters. The van der Waals surface area contributed by atoms with Crippen molar-refractivity contribution in [3.05, 3.63) is 55.1 Å². The number of fused-ring (bicyclic) bond motifs is 1. The van der Waals surface area contributed by atoms with Gasteiger partial charge in [-0.2, -0.15) is 18.2 Å². The zero-order valence-corrected chi connectivity index (χ0v) is 19.0. The number of alkyl halides is 3. The molecule has 0 saturated heterocycles. The Morgan fingerprint density at radius 1 is 1.19 bits per heavy atom. The number of hydrogen-bond acceptors (Lipinski definition) is 4. The molecular weight excluding hydrogens is 481 g/mol. The molecule has 0 spiro atoms. The number of hydrogen-bond donors (Lipinski definition) is 1. The maximum absolute atomic E-state index is 12.4. The molecule has 2 aromatic rings. The molecule has 0 unspecified atom stereocenters. The maximum Gasteiger partial charge on any atom is 0.449 e. The van der Waals surface area contributed by atoms with Gasteiger partial charge in [-0.25, -0.2) is 4.79 Å². The van der Waals surface area contributed by atoms with Crippen molar-refractivity contribution in [1.82, 2.24) is 9.13 Å². The van der Waals surface area contributed by atoms with Gasteiger partial charge in [-0.3, -0.25) is 24.0 Å². The molecule has 0 fully saturated rings. The summed E-state index contributed by atoms with van der Waals surface area (Å²) in [4.78, 5) is 38.8. The third-order valence-electron chi connectivity index (χ3n) is 4.36. The summed E-state index contributed by atoms with van der Waals surface area (Å²) in [6.07, 6.45) is -4.01. The third-order valence-corrected chi connectivity index (χ3v) is 4.88. The van der Waals surface area contributed by atoms with E-state index in [1.165, 1.54) is 7.05 Å². The molecule has 1 aliphatic rings. The molecule has 0 radical (unpaired) electrons. The highest BCUT2D eigenvalue weighted by Crippen LogP contribution is 2.21. The first-order valence-electron chi connectivity index (χ1n) is 9.39. The molecule has 0 saturated carbocycles. The lowest BCUT2D eigenvalue weighted by Crippen LogP contribution is -2.83. The molecule has 31 heavy (non-hydrogen) atoms. The Bertz CT molecular complexity index is 1120. The van der Waals surface area contributed by atoms with Gasteiger partial charge in [-0.05, 0) is 23.6 Å². The second-order valence-corrected chi connectivity index (χ2v) is 8.41. The van der Waals surface area contributed by atoms with Gasteiger partial charge in [0.15, 0.2) is 0 Å². The number of benzene rings is 1. The van der Waals surface area contributed by atoms with E-state index in [1.54, 1.807) is 9.88 Å². The Morgan fingerprint density at radius 2 is 1.74 bits per heavy atom. The highest BCUT2D eigenvalue weighted by Gasteiger charge is 2.33. The largest absolute Gasteiger partial charge is 0.449 e. The van der Waals surface area contributed by atoms with Gasteiger partial charge in [-0.1, -0.05) is 41.9 Å². The number of Topliss-reactive ketones (excluding diaryl/α,β-unsaturated/α-hetero) is 1. The number of amidine groups is 1. The molecule has 168 valence electrons. The molecule has 0 amide bonds. The minimum Gasteiger partial charge on any atom is -0.290 e. The highest BCUT2D eigenvalue weighted by atomic mass is 79.9. The molecule has 2 N–H and O–H groups in total. The van der Waals surface area contributed by atoms with Crippen molar-refractivity contribution in [2.45, 2.75) is 39.9 Å². The first-order chi connectivity index (χ1) is 14.3. The molecular formula is C20H23BrF3N4O3+. The molecule has 1 aromatic carbocycles. The number of nitrogens with two attached hydrogens (primary N) is 1. The minimum absolute atomic E-state index is 0.287. The average molecular weight is 504 g/mol. The Balaban J connectivity index is 0.000000423. The highest BCUT2D eigenvalue weighted by molar-refractivity contribution is 9.10. The van der Waals surface area contributed by atoms with Crippen LogP contribution in [0.5, 0.6) is 0 Å². The second-order valence-electron chi connectivity index (χ2n) is 7.49. The van der Waals surface area contributed by atoms with Gasteiger partial charge in [0.1, 0.15) is 0 Å². The minimum atomic E-state index is -4.64. The zero-order chi connectivity index (χ0) is 23.5. The lowest BCUT2D eigenvalue weighted by molar-refractivity contribution is -0.442. The summed E-state index contributed by atoms with van der Waals surface area (Å²) in [5.74, 6) is -0.182. The van der Waals surface area contributed by atoms with Crippen LogP contribution in [-0.4, -0.2) is 26.9 Å². The van der Waals surface area contributed by atoms with Crippen LogP contribution in [0.4, 0.5) is 24.7 Å². The number of ketones is 1. The first kappa shape index (κ1) is 24.7. The van der Waals surface area contributed by atoms with Gasteiger partial charge >= 0.3 is 17.4 Å². The van der Waals surface area contributed by atoms with E-state index in [0.29, 0.717) is 31.4 Å². The topological polar surface area (TPSA) is 90.0 Å². The van der Waals surface area contributed by atoms with Crippen LogP contribution in [0.25, 0.3) is 0 Å². The van der Waals surface area contributed by atoms with Crippen LogP contribution in [0.1, 0.15) is 26.3 Å². The SMILES string of the molecule is CC(=O)C(F)(F)F.CC(C)Cn1c2c(c(=O)n(C)c1=O)[NH2+]C(Cc1ccc(Br)cc1)=N2. The lowest BCUT2D eigenvalue weighted by Gasteiger charge is -2.11. The van der Waals surface area contributed by atoms with Crippen molar-refractivity contribution in [2.75, 3.05) is 0 Å². The summed E-state index contributed by atoms with van der Waals surface area (Å²) in [5.41, 5.74) is 1.01. The number of nitrogens with zero attached hydrogens (tertiary/aromatic N) is 3. The number of aliphatic imine (C=N–C) groups is 1. The first-order valence-corrected chi connectivity index (χ1v) is 10.2.